The lowest BCUT2D eigenvalue weighted by Gasteiger charge is -2.04. The van der Waals surface area contributed by atoms with Gasteiger partial charge in [0.15, 0.2) is 0 Å². The summed E-state index contributed by atoms with van der Waals surface area (Å²) in [5.41, 5.74) is 5.54. The molecule has 0 radical (unpaired) electrons. The Bertz CT molecular complexity index is 802. The molecule has 0 saturated heterocycles. The molecular formula is C18H17NO2. The summed E-state index contributed by atoms with van der Waals surface area (Å²) in [5.74, 6) is -0.806. The molecule has 0 aliphatic carbocycles. The van der Waals surface area contributed by atoms with E-state index >= 15 is 0 Å². The summed E-state index contributed by atoms with van der Waals surface area (Å²) in [5, 5.41) is 9.97. The fraction of sp³-hybridized carbons (Fsp3) is 0.167. The molecule has 0 fully saturated rings. The summed E-state index contributed by atoms with van der Waals surface area (Å²) in [6.45, 7) is 2.09. The Kier molecular flexibility index (Phi) is 3.48. The van der Waals surface area contributed by atoms with Crippen LogP contribution in [0, 0.1) is 6.92 Å². The fourth-order valence-electron chi connectivity index (χ4n) is 2.70. The van der Waals surface area contributed by atoms with Gasteiger partial charge in [0.05, 0.1) is 6.42 Å². The third kappa shape index (κ3) is 2.97. The number of hydrogen-bond donors (Lipinski definition) is 2. The first kappa shape index (κ1) is 13.4. The van der Waals surface area contributed by atoms with Crippen LogP contribution in [0.25, 0.3) is 10.9 Å². The monoisotopic (exact) mass is 279 g/mol. The molecule has 1 heterocycles. The number of hydrogen-bond acceptors (Lipinski definition) is 1. The molecule has 0 bridgehead atoms. The fourth-order valence-corrected chi connectivity index (χ4v) is 2.70. The molecule has 2 N–H and O–H groups in total. The van der Waals surface area contributed by atoms with Crippen LogP contribution >= 0.6 is 0 Å². The van der Waals surface area contributed by atoms with Gasteiger partial charge in [0, 0.05) is 17.1 Å². The van der Waals surface area contributed by atoms with Crippen LogP contribution in [-0.4, -0.2) is 16.1 Å². The Labute approximate surface area is 123 Å². The van der Waals surface area contributed by atoms with Crippen molar-refractivity contribution in [1.29, 1.82) is 0 Å². The number of nitrogens with one attached hydrogen (secondary N) is 1. The highest BCUT2D eigenvalue weighted by Gasteiger charge is 2.08. The maximum Gasteiger partial charge on any atom is 0.307 e. The standard InChI is InChI=1S/C18H17NO2/c1-12-3-2-4-13(7-12)8-14-5-6-17-16(9-14)15(11-19-17)10-18(20)21/h2-7,9,11,19H,8,10H2,1H3,(H,20,21). The number of aromatic amines is 1. The molecule has 0 aliphatic heterocycles. The zero-order valence-corrected chi connectivity index (χ0v) is 11.9. The quantitative estimate of drug-likeness (QED) is 0.765. The van der Waals surface area contributed by atoms with Crippen LogP contribution < -0.4 is 0 Å². The van der Waals surface area contributed by atoms with Gasteiger partial charge >= 0.3 is 5.97 Å². The highest BCUT2D eigenvalue weighted by atomic mass is 16.4. The van der Waals surface area contributed by atoms with Crippen molar-refractivity contribution in [2.75, 3.05) is 0 Å². The largest absolute Gasteiger partial charge is 0.481 e. The lowest BCUT2D eigenvalue weighted by molar-refractivity contribution is -0.136. The van der Waals surface area contributed by atoms with Gasteiger partial charge in [-0.2, -0.15) is 0 Å². The summed E-state index contributed by atoms with van der Waals surface area (Å²) in [6.07, 6.45) is 2.69. The van der Waals surface area contributed by atoms with E-state index in [2.05, 4.69) is 48.3 Å². The Balaban J connectivity index is 1.94. The molecule has 0 amide bonds. The first-order chi connectivity index (χ1) is 10.1. The number of aryl methyl sites for hydroxylation is 1. The molecular weight excluding hydrogens is 262 g/mol. The molecule has 0 unspecified atom stereocenters. The molecule has 0 spiro atoms. The second-order valence-corrected chi connectivity index (χ2v) is 5.43. The molecule has 0 saturated carbocycles. The van der Waals surface area contributed by atoms with E-state index in [-0.39, 0.29) is 6.42 Å². The summed E-state index contributed by atoms with van der Waals surface area (Å²) in [4.78, 5) is 14.0. The summed E-state index contributed by atoms with van der Waals surface area (Å²) < 4.78 is 0. The van der Waals surface area contributed by atoms with Crippen molar-refractivity contribution in [3.8, 4) is 0 Å². The molecule has 0 atom stereocenters. The number of H-pyrrole nitrogens is 1. The predicted molar refractivity (Wildman–Crippen MR) is 83.6 cm³/mol. The lowest BCUT2D eigenvalue weighted by atomic mass is 10.0. The molecule has 2 aromatic carbocycles. The van der Waals surface area contributed by atoms with E-state index in [1.165, 1.54) is 16.7 Å². The number of rotatable bonds is 4. The van der Waals surface area contributed by atoms with Gasteiger partial charge in [-0.25, -0.2) is 0 Å². The number of aliphatic carboxylic acids is 1. The average molecular weight is 279 g/mol. The Hall–Kier alpha value is -2.55. The van der Waals surface area contributed by atoms with E-state index in [0.29, 0.717) is 0 Å². The molecule has 0 aliphatic rings. The van der Waals surface area contributed by atoms with Crippen molar-refractivity contribution in [1.82, 2.24) is 4.98 Å². The number of benzene rings is 2. The summed E-state index contributed by atoms with van der Waals surface area (Å²) >= 11 is 0. The van der Waals surface area contributed by atoms with E-state index in [0.717, 1.165) is 22.9 Å². The highest BCUT2D eigenvalue weighted by Crippen LogP contribution is 2.22. The van der Waals surface area contributed by atoms with E-state index < -0.39 is 5.97 Å². The Morgan fingerprint density at radius 3 is 2.71 bits per heavy atom. The molecule has 21 heavy (non-hydrogen) atoms. The minimum absolute atomic E-state index is 0.0495. The van der Waals surface area contributed by atoms with Crippen LogP contribution in [0.1, 0.15) is 22.3 Å². The van der Waals surface area contributed by atoms with Crippen LogP contribution in [-0.2, 0) is 17.6 Å². The van der Waals surface area contributed by atoms with Crippen molar-refractivity contribution in [2.45, 2.75) is 19.8 Å². The zero-order valence-electron chi connectivity index (χ0n) is 11.9. The third-order valence-corrected chi connectivity index (χ3v) is 3.66. The minimum Gasteiger partial charge on any atom is -0.481 e. The molecule has 3 aromatic rings. The summed E-state index contributed by atoms with van der Waals surface area (Å²) in [7, 11) is 0. The van der Waals surface area contributed by atoms with Gasteiger partial charge in [-0.15, -0.1) is 0 Å². The normalized spacial score (nSPS) is 10.9. The van der Waals surface area contributed by atoms with Crippen LogP contribution in [0.4, 0.5) is 0 Å². The van der Waals surface area contributed by atoms with Crippen molar-refractivity contribution < 1.29 is 9.90 Å². The van der Waals surface area contributed by atoms with Gasteiger partial charge in [-0.1, -0.05) is 35.9 Å². The first-order valence-corrected chi connectivity index (χ1v) is 6.98. The molecule has 3 heteroatoms. The molecule has 106 valence electrons. The Morgan fingerprint density at radius 2 is 1.95 bits per heavy atom. The number of aromatic nitrogens is 1. The zero-order chi connectivity index (χ0) is 14.8. The van der Waals surface area contributed by atoms with E-state index in [9.17, 15) is 4.79 Å². The maximum atomic E-state index is 10.9. The van der Waals surface area contributed by atoms with Gasteiger partial charge < -0.3 is 10.1 Å². The van der Waals surface area contributed by atoms with Gasteiger partial charge in [0.1, 0.15) is 0 Å². The van der Waals surface area contributed by atoms with E-state index in [1.54, 1.807) is 6.20 Å². The second kappa shape index (κ2) is 5.44. The van der Waals surface area contributed by atoms with Crippen LogP contribution in [0.5, 0.6) is 0 Å². The van der Waals surface area contributed by atoms with Crippen LogP contribution in [0.15, 0.2) is 48.7 Å². The van der Waals surface area contributed by atoms with E-state index in [4.69, 9.17) is 5.11 Å². The average Bonchev–Trinajstić information content (AvgIpc) is 2.81. The van der Waals surface area contributed by atoms with Gasteiger partial charge in [-0.05, 0) is 42.2 Å². The van der Waals surface area contributed by atoms with E-state index in [1.807, 2.05) is 6.07 Å². The molecule has 3 nitrogen and oxygen atoms in total. The maximum absolute atomic E-state index is 10.9. The minimum atomic E-state index is -0.806. The number of carboxylic acid groups (broad SMARTS) is 1. The van der Waals surface area contributed by atoms with Crippen LogP contribution in [0.3, 0.4) is 0 Å². The number of carbonyl (C=O) groups is 1. The van der Waals surface area contributed by atoms with Crippen LogP contribution in [0.2, 0.25) is 0 Å². The first-order valence-electron chi connectivity index (χ1n) is 6.98. The topological polar surface area (TPSA) is 53.1 Å². The third-order valence-electron chi connectivity index (χ3n) is 3.66. The van der Waals surface area contributed by atoms with Crippen molar-refractivity contribution >= 4 is 16.9 Å². The van der Waals surface area contributed by atoms with Gasteiger partial charge in [-0.3, -0.25) is 4.79 Å². The number of fused-ring (bicyclic) bond motifs is 1. The van der Waals surface area contributed by atoms with Gasteiger partial charge in [0.25, 0.3) is 0 Å². The molecule has 3 rings (SSSR count). The number of carboxylic acids is 1. The summed E-state index contributed by atoms with van der Waals surface area (Å²) in [6, 6.07) is 14.6. The van der Waals surface area contributed by atoms with Crippen molar-refractivity contribution in [3.05, 3.63) is 70.9 Å². The van der Waals surface area contributed by atoms with Crippen molar-refractivity contribution in [2.24, 2.45) is 0 Å². The van der Waals surface area contributed by atoms with Gasteiger partial charge in [0.2, 0.25) is 0 Å². The van der Waals surface area contributed by atoms with Crippen molar-refractivity contribution in [3.63, 3.8) is 0 Å². The smallest absolute Gasteiger partial charge is 0.307 e. The Morgan fingerprint density at radius 1 is 1.14 bits per heavy atom. The molecule has 1 aromatic heterocycles. The lowest BCUT2D eigenvalue weighted by Crippen LogP contribution is -1.99. The SMILES string of the molecule is Cc1cccc(Cc2ccc3[nH]cc(CC(=O)O)c3c2)c1. The highest BCUT2D eigenvalue weighted by molar-refractivity contribution is 5.87. The second-order valence-electron chi connectivity index (χ2n) is 5.43. The predicted octanol–water partition coefficient (Wildman–Crippen LogP) is 3.69.